The number of benzene rings is 1. The third kappa shape index (κ3) is 10.9. The Hall–Kier alpha value is -3.45. The molecule has 0 radical (unpaired) electrons. The van der Waals surface area contributed by atoms with Crippen molar-refractivity contribution in [1.82, 2.24) is 9.80 Å². The van der Waals surface area contributed by atoms with Gasteiger partial charge < -0.3 is 34.7 Å². The second-order valence-electron chi connectivity index (χ2n) is 9.14. The fourth-order valence-corrected chi connectivity index (χ4v) is 3.95. The van der Waals surface area contributed by atoms with Crippen LogP contribution in [0.15, 0.2) is 40.8 Å². The second kappa shape index (κ2) is 15.1. The molecule has 1 fully saturated rings. The van der Waals surface area contributed by atoms with Crippen LogP contribution in [0.4, 0.5) is 0 Å². The number of carbonyl (C=O) groups is 3. The van der Waals surface area contributed by atoms with Crippen LogP contribution in [-0.4, -0.2) is 98.2 Å². The summed E-state index contributed by atoms with van der Waals surface area (Å²) in [7, 11) is 0. The molecular weight excluding hydrogens is 500 g/mol. The van der Waals surface area contributed by atoms with E-state index in [2.05, 4.69) is 9.80 Å². The lowest BCUT2D eigenvalue weighted by Gasteiger charge is -2.28. The monoisotopic (exact) mass is 536 g/mol. The molecule has 0 bridgehead atoms. The maximum atomic E-state index is 10.3. The number of carboxylic acid groups (broad SMARTS) is 3. The van der Waals surface area contributed by atoms with Gasteiger partial charge in [0.25, 0.3) is 0 Å². The third-order valence-electron chi connectivity index (χ3n) is 5.90. The molecule has 5 N–H and O–H groups in total. The number of phenols is 1. The molecule has 1 aliphatic rings. The molecule has 0 aliphatic carbocycles. The molecule has 1 aromatic heterocycles. The normalized spacial score (nSPS) is 14.1. The minimum atomic E-state index is -2.74. The van der Waals surface area contributed by atoms with E-state index in [9.17, 15) is 19.5 Å². The molecule has 1 aliphatic heterocycles. The van der Waals surface area contributed by atoms with Gasteiger partial charge in [0.05, 0.1) is 32.6 Å². The number of furan rings is 1. The van der Waals surface area contributed by atoms with Gasteiger partial charge in [0.15, 0.2) is 5.60 Å². The summed E-state index contributed by atoms with van der Waals surface area (Å²) in [5.74, 6) is -2.75. The minimum Gasteiger partial charge on any atom is -0.508 e. The molecule has 2 aromatic rings. The van der Waals surface area contributed by atoms with Gasteiger partial charge >= 0.3 is 17.9 Å². The van der Waals surface area contributed by atoms with Crippen LogP contribution < -0.4 is 0 Å². The Morgan fingerprint density at radius 2 is 1.61 bits per heavy atom. The predicted octanol–water partition coefficient (Wildman–Crippen LogP) is 1.77. The fraction of sp³-hybridized carbons (Fsp3) is 0.500. The Labute approximate surface area is 220 Å². The first-order chi connectivity index (χ1) is 18.0. The highest BCUT2D eigenvalue weighted by Crippen LogP contribution is 2.20. The summed E-state index contributed by atoms with van der Waals surface area (Å²) in [5.41, 5.74) is -1.78. The number of hydrogen-bond donors (Lipinski definition) is 5. The van der Waals surface area contributed by atoms with E-state index in [0.717, 1.165) is 76.0 Å². The van der Waals surface area contributed by atoms with Crippen LogP contribution in [0.2, 0.25) is 0 Å². The number of aliphatic hydroxyl groups is 1. The largest absolute Gasteiger partial charge is 0.508 e. The van der Waals surface area contributed by atoms with Crippen LogP contribution in [0.25, 0.3) is 0 Å². The number of aromatic hydroxyl groups is 1. The van der Waals surface area contributed by atoms with E-state index in [1.165, 1.54) is 0 Å². The molecule has 1 aromatic carbocycles. The van der Waals surface area contributed by atoms with E-state index in [1.807, 2.05) is 37.3 Å². The average Bonchev–Trinajstić information content (AvgIpc) is 3.25. The topological polar surface area (TPSA) is 181 Å². The predicted molar refractivity (Wildman–Crippen MR) is 135 cm³/mol. The highest BCUT2D eigenvalue weighted by atomic mass is 16.5. The molecular formula is C26H36N2O10. The molecule has 0 atom stereocenters. The summed E-state index contributed by atoms with van der Waals surface area (Å²) in [6, 6.07) is 11.6. The van der Waals surface area contributed by atoms with E-state index in [-0.39, 0.29) is 0 Å². The van der Waals surface area contributed by atoms with E-state index in [0.29, 0.717) is 5.75 Å². The van der Waals surface area contributed by atoms with Crippen LogP contribution in [0, 0.1) is 6.92 Å². The van der Waals surface area contributed by atoms with Crippen molar-refractivity contribution in [2.24, 2.45) is 0 Å². The van der Waals surface area contributed by atoms with Crippen molar-refractivity contribution < 1.29 is 49.1 Å². The molecule has 2 heterocycles. The third-order valence-corrected chi connectivity index (χ3v) is 5.90. The Kier molecular flexibility index (Phi) is 12.2. The molecule has 38 heavy (non-hydrogen) atoms. The number of carboxylic acids is 3. The van der Waals surface area contributed by atoms with Crippen molar-refractivity contribution in [3.05, 3.63) is 53.5 Å². The molecule has 0 amide bonds. The molecule has 0 spiro atoms. The second-order valence-corrected chi connectivity index (χ2v) is 9.14. The number of para-hydroxylation sites is 1. The van der Waals surface area contributed by atoms with Gasteiger partial charge in [-0.25, -0.2) is 4.79 Å². The summed E-state index contributed by atoms with van der Waals surface area (Å²) in [6.45, 7) is 9.22. The molecule has 12 heteroatoms. The van der Waals surface area contributed by atoms with Crippen LogP contribution in [0.5, 0.6) is 5.75 Å². The lowest BCUT2D eigenvalue weighted by molar-refractivity contribution is -0.170. The van der Waals surface area contributed by atoms with E-state index < -0.39 is 36.4 Å². The van der Waals surface area contributed by atoms with Gasteiger partial charge in [0.2, 0.25) is 0 Å². The van der Waals surface area contributed by atoms with Gasteiger partial charge in [-0.1, -0.05) is 18.2 Å². The highest BCUT2D eigenvalue weighted by molar-refractivity contribution is 5.88. The minimum absolute atomic E-state index is 0.358. The number of phenolic OH excluding ortho intramolecular Hbond substituents is 1. The first-order valence-electron chi connectivity index (χ1n) is 12.2. The Morgan fingerprint density at radius 1 is 0.974 bits per heavy atom. The Bertz CT molecular complexity index is 1030. The van der Waals surface area contributed by atoms with Crippen molar-refractivity contribution in [1.29, 1.82) is 0 Å². The quantitative estimate of drug-likeness (QED) is 0.251. The zero-order valence-electron chi connectivity index (χ0n) is 21.4. The zero-order valence-corrected chi connectivity index (χ0v) is 21.4. The lowest BCUT2D eigenvalue weighted by Crippen LogP contribution is -2.42. The molecule has 1 saturated heterocycles. The summed E-state index contributed by atoms with van der Waals surface area (Å²) in [5, 5.41) is 43.9. The molecule has 3 rings (SSSR count). The molecule has 210 valence electrons. The van der Waals surface area contributed by atoms with Gasteiger partial charge in [0.1, 0.15) is 17.3 Å². The molecule has 0 unspecified atom stereocenters. The summed E-state index contributed by atoms with van der Waals surface area (Å²) >= 11 is 0. The molecule has 12 nitrogen and oxygen atoms in total. The number of aryl methyl sites for hydroxylation is 1. The number of nitrogens with zero attached hydrogens (tertiary/aromatic N) is 2. The van der Waals surface area contributed by atoms with Crippen molar-refractivity contribution in [2.45, 2.75) is 44.9 Å². The summed E-state index contributed by atoms with van der Waals surface area (Å²) < 4.78 is 11.2. The average molecular weight is 537 g/mol. The maximum Gasteiger partial charge on any atom is 0.336 e. The van der Waals surface area contributed by atoms with Gasteiger partial charge in [-0.3, -0.25) is 19.4 Å². The van der Waals surface area contributed by atoms with Crippen molar-refractivity contribution in [2.75, 3.05) is 39.4 Å². The Morgan fingerprint density at radius 3 is 2.13 bits per heavy atom. The maximum absolute atomic E-state index is 10.3. The number of ether oxygens (including phenoxy) is 1. The summed E-state index contributed by atoms with van der Waals surface area (Å²) in [6.07, 6.45) is -1.20. The van der Waals surface area contributed by atoms with Crippen molar-refractivity contribution in [3.8, 4) is 5.75 Å². The van der Waals surface area contributed by atoms with E-state index in [4.69, 9.17) is 29.6 Å². The Balaban J connectivity index is 0.000000332. The van der Waals surface area contributed by atoms with Crippen LogP contribution in [-0.2, 0) is 32.2 Å². The van der Waals surface area contributed by atoms with Crippen molar-refractivity contribution >= 4 is 17.9 Å². The van der Waals surface area contributed by atoms with Gasteiger partial charge in [0, 0.05) is 31.7 Å². The lowest BCUT2D eigenvalue weighted by atomic mass is 9.96. The van der Waals surface area contributed by atoms with Crippen molar-refractivity contribution in [3.63, 3.8) is 0 Å². The van der Waals surface area contributed by atoms with Gasteiger partial charge in [-0.15, -0.1) is 0 Å². The summed E-state index contributed by atoms with van der Waals surface area (Å²) in [4.78, 5) is 35.3. The highest BCUT2D eigenvalue weighted by Gasteiger charge is 2.40. The zero-order chi connectivity index (χ0) is 28.1. The van der Waals surface area contributed by atoms with E-state index >= 15 is 0 Å². The number of hydrogen-bond acceptors (Lipinski definition) is 9. The standard InChI is InChI=1S/C20H28N2O3.C6H8O7/c1-17-7-8-19(25-17)16-22(15-18-5-2-3-6-20(18)23)10-4-9-21-11-13-24-14-12-21;7-3(8)1-6(13,5(11)12)2-4(9)10/h2-3,5-8,23H,4,9-16H2,1H3;13H,1-2H2,(H,7,8)(H,9,10)(H,11,12). The van der Waals surface area contributed by atoms with Crippen LogP contribution in [0.1, 0.15) is 36.3 Å². The van der Waals surface area contributed by atoms with Crippen LogP contribution >= 0.6 is 0 Å². The number of morpholine rings is 1. The first-order valence-corrected chi connectivity index (χ1v) is 12.2. The number of rotatable bonds is 13. The number of aliphatic carboxylic acids is 3. The van der Waals surface area contributed by atoms with Gasteiger partial charge in [-0.05, 0) is 38.1 Å². The van der Waals surface area contributed by atoms with Crippen LogP contribution in [0.3, 0.4) is 0 Å². The van der Waals surface area contributed by atoms with Gasteiger partial charge in [-0.2, -0.15) is 0 Å². The fourth-order valence-electron chi connectivity index (χ4n) is 3.95. The van der Waals surface area contributed by atoms with E-state index in [1.54, 1.807) is 6.07 Å². The first kappa shape index (κ1) is 30.8. The SMILES string of the molecule is Cc1ccc(CN(CCCN2CCOCC2)Cc2ccccc2O)o1.O=C(O)CC(O)(CC(=O)O)C(=O)O. The molecule has 0 saturated carbocycles. The smallest absolute Gasteiger partial charge is 0.336 e.